The van der Waals surface area contributed by atoms with E-state index in [0.29, 0.717) is 47.4 Å². The molecule has 2 amide bonds. The van der Waals surface area contributed by atoms with Crippen LogP contribution >= 0.6 is 11.3 Å². The molecule has 2 N–H and O–H groups in total. The van der Waals surface area contributed by atoms with Gasteiger partial charge in [0.05, 0.1) is 24.0 Å². The molecule has 3 aliphatic rings. The molecule has 0 unspecified atom stereocenters. The van der Waals surface area contributed by atoms with Crippen LogP contribution in [0.1, 0.15) is 53.7 Å². The number of aryl methyl sites for hydroxylation is 2. The van der Waals surface area contributed by atoms with Gasteiger partial charge in [0.25, 0.3) is 5.91 Å². The maximum absolute atomic E-state index is 13.4. The van der Waals surface area contributed by atoms with E-state index >= 15 is 0 Å². The van der Waals surface area contributed by atoms with Gasteiger partial charge >= 0.3 is 0 Å². The maximum Gasteiger partial charge on any atom is 0.263 e. The summed E-state index contributed by atoms with van der Waals surface area (Å²) in [4.78, 5) is 42.7. The van der Waals surface area contributed by atoms with Crippen LogP contribution in [0.4, 0.5) is 10.9 Å². The van der Waals surface area contributed by atoms with Crippen molar-refractivity contribution in [1.82, 2.24) is 34.3 Å². The Balaban J connectivity index is 1.30. The molecule has 0 atom stereocenters. The lowest BCUT2D eigenvalue weighted by Gasteiger charge is -2.22. The lowest BCUT2D eigenvalue weighted by atomic mass is 10.2. The summed E-state index contributed by atoms with van der Waals surface area (Å²) in [5, 5.41) is 7.84. The fourth-order valence-electron chi connectivity index (χ4n) is 5.44. The largest absolute Gasteiger partial charge is 0.351 e. The first-order valence-electron chi connectivity index (χ1n) is 12.7. The number of pyridine rings is 1. The molecule has 0 aromatic carbocycles. The molecule has 2 aliphatic carbocycles. The fraction of sp³-hybridized carbons (Fsp3) is 0.480. The van der Waals surface area contributed by atoms with Gasteiger partial charge in [-0.1, -0.05) is 11.3 Å². The minimum absolute atomic E-state index is 0.0752. The summed E-state index contributed by atoms with van der Waals surface area (Å²) in [6.07, 6.45) is 7.42. The zero-order valence-electron chi connectivity index (χ0n) is 20.4. The van der Waals surface area contributed by atoms with E-state index in [1.54, 1.807) is 6.33 Å². The molecule has 4 aromatic rings. The highest BCUT2D eigenvalue weighted by Crippen LogP contribution is 2.38. The number of carbonyl (C=O) groups excluding carboxylic acids is 2. The van der Waals surface area contributed by atoms with Crippen molar-refractivity contribution in [2.24, 2.45) is 7.05 Å². The van der Waals surface area contributed by atoms with Gasteiger partial charge in [-0.15, -0.1) is 0 Å². The Labute approximate surface area is 211 Å². The minimum Gasteiger partial charge on any atom is -0.351 e. The molecule has 1 aliphatic heterocycles. The van der Waals surface area contributed by atoms with E-state index < -0.39 is 0 Å². The summed E-state index contributed by atoms with van der Waals surface area (Å²) in [5.41, 5.74) is 4.33. The van der Waals surface area contributed by atoms with Gasteiger partial charge in [-0.2, -0.15) is 0 Å². The molecule has 0 bridgehead atoms. The van der Waals surface area contributed by atoms with Crippen LogP contribution in [0, 0.1) is 0 Å². The molecule has 7 rings (SSSR count). The highest BCUT2D eigenvalue weighted by Gasteiger charge is 2.42. The van der Waals surface area contributed by atoms with Crippen LogP contribution in [0.15, 0.2) is 12.4 Å². The zero-order chi connectivity index (χ0) is 24.6. The molecule has 4 aromatic heterocycles. The van der Waals surface area contributed by atoms with Crippen LogP contribution in [-0.2, 0) is 31.2 Å². The summed E-state index contributed by atoms with van der Waals surface area (Å²) in [6.45, 7) is 3.40. The number of rotatable bonds is 7. The molecule has 186 valence electrons. The van der Waals surface area contributed by atoms with Gasteiger partial charge in [0.1, 0.15) is 16.0 Å². The molecule has 0 spiro atoms. The van der Waals surface area contributed by atoms with Gasteiger partial charge in [-0.25, -0.2) is 15.0 Å². The Bertz CT molecular complexity index is 1530. The molecule has 2 saturated carbocycles. The number of aromatic nitrogens is 5. The number of anilines is 2. The van der Waals surface area contributed by atoms with Crippen LogP contribution in [0.3, 0.4) is 0 Å². The first kappa shape index (κ1) is 21.8. The summed E-state index contributed by atoms with van der Waals surface area (Å²) in [6, 6.07) is 2.99. The lowest BCUT2D eigenvalue weighted by molar-refractivity contribution is -0.131. The molecule has 2 fully saturated rings. The minimum atomic E-state index is -0.0752. The Morgan fingerprint density at radius 2 is 2.03 bits per heavy atom. The summed E-state index contributed by atoms with van der Waals surface area (Å²) < 4.78 is 4.14. The molecule has 0 saturated heterocycles. The summed E-state index contributed by atoms with van der Waals surface area (Å²) in [7, 11) is 1.97. The molecule has 11 heteroatoms. The number of hydrogen-bond acceptors (Lipinski definition) is 7. The molecular weight excluding hydrogens is 476 g/mol. The second-order valence-electron chi connectivity index (χ2n) is 10.00. The quantitative estimate of drug-likeness (QED) is 0.400. The normalized spacial score (nSPS) is 17.4. The SMILES string of the molecule is CCn1c(CC(=O)N(C2CC2)C2CC2)cc2c3c(ncn3C)c(Nc3nc4c(s3)C(=O)NCC4)nc21. The van der Waals surface area contributed by atoms with E-state index in [1.807, 2.05) is 11.6 Å². The maximum atomic E-state index is 13.4. The molecule has 36 heavy (non-hydrogen) atoms. The third-order valence-corrected chi connectivity index (χ3v) is 8.39. The van der Waals surface area contributed by atoms with Crippen molar-refractivity contribution in [3.05, 3.63) is 28.7 Å². The highest BCUT2D eigenvalue weighted by atomic mass is 32.1. The summed E-state index contributed by atoms with van der Waals surface area (Å²) >= 11 is 1.34. The van der Waals surface area contributed by atoms with E-state index in [-0.39, 0.29) is 11.8 Å². The van der Waals surface area contributed by atoms with Crippen molar-refractivity contribution < 1.29 is 9.59 Å². The van der Waals surface area contributed by atoms with Gasteiger partial charge in [-0.05, 0) is 38.7 Å². The second-order valence-corrected chi connectivity index (χ2v) is 11.0. The molecule has 10 nitrogen and oxygen atoms in total. The number of fused-ring (bicyclic) bond motifs is 4. The van der Waals surface area contributed by atoms with Crippen LogP contribution < -0.4 is 10.6 Å². The van der Waals surface area contributed by atoms with Crippen LogP contribution in [0.5, 0.6) is 0 Å². The number of nitrogens with one attached hydrogen (secondary N) is 2. The average Bonchev–Trinajstić information content (AvgIpc) is 3.76. The number of carbonyl (C=O) groups is 2. The van der Waals surface area contributed by atoms with E-state index in [1.165, 1.54) is 11.3 Å². The monoisotopic (exact) mass is 504 g/mol. The van der Waals surface area contributed by atoms with Crippen molar-refractivity contribution in [1.29, 1.82) is 0 Å². The van der Waals surface area contributed by atoms with Crippen LogP contribution in [-0.4, -0.2) is 59.4 Å². The van der Waals surface area contributed by atoms with Gasteiger partial charge in [0, 0.05) is 49.7 Å². The van der Waals surface area contributed by atoms with E-state index in [2.05, 4.69) is 43.1 Å². The Morgan fingerprint density at radius 3 is 2.72 bits per heavy atom. The number of thiazole rings is 1. The number of hydrogen-bond donors (Lipinski definition) is 2. The van der Waals surface area contributed by atoms with Crippen LogP contribution in [0.25, 0.3) is 22.1 Å². The van der Waals surface area contributed by atoms with E-state index in [9.17, 15) is 9.59 Å². The predicted octanol–water partition coefficient (Wildman–Crippen LogP) is 3.12. The topological polar surface area (TPSA) is 110 Å². The van der Waals surface area contributed by atoms with Crippen molar-refractivity contribution in [2.75, 3.05) is 11.9 Å². The summed E-state index contributed by atoms with van der Waals surface area (Å²) in [5.74, 6) is 0.755. The average molecular weight is 505 g/mol. The van der Waals surface area contributed by atoms with Gasteiger partial charge in [0.2, 0.25) is 5.91 Å². The Kier molecular flexibility index (Phi) is 4.85. The smallest absolute Gasteiger partial charge is 0.263 e. The van der Waals surface area contributed by atoms with Crippen molar-refractivity contribution in [2.45, 2.75) is 64.1 Å². The Hall–Kier alpha value is -3.47. The van der Waals surface area contributed by atoms with Gasteiger partial charge < -0.3 is 24.7 Å². The first-order valence-corrected chi connectivity index (χ1v) is 13.5. The standard InChI is InChI=1S/C25H28N8O2S/c1-3-32-15(11-18(34)33(13-4-5-13)14-6-7-14)10-16-20-19(27-12-31(20)2)22(29-23(16)32)30-25-28-17-8-9-26-24(35)21(17)36-25/h10,12-14H,3-9,11H2,1-2H3,(H,26,35)(H,28,29,30). The van der Waals surface area contributed by atoms with E-state index in [0.717, 1.165) is 65.6 Å². The first-order chi connectivity index (χ1) is 17.5. The molecule has 0 radical (unpaired) electrons. The fourth-order valence-corrected chi connectivity index (χ4v) is 6.36. The van der Waals surface area contributed by atoms with Gasteiger partial charge in [0.15, 0.2) is 10.9 Å². The van der Waals surface area contributed by atoms with Crippen molar-refractivity contribution >= 4 is 56.2 Å². The van der Waals surface area contributed by atoms with E-state index in [4.69, 9.17) is 4.98 Å². The molecular formula is C25H28N8O2S. The van der Waals surface area contributed by atoms with Gasteiger partial charge in [-0.3, -0.25) is 9.59 Å². The van der Waals surface area contributed by atoms with Crippen molar-refractivity contribution in [3.63, 3.8) is 0 Å². The third-order valence-electron chi connectivity index (χ3n) is 7.38. The lowest BCUT2D eigenvalue weighted by Crippen LogP contribution is -2.36. The number of nitrogens with zero attached hydrogens (tertiary/aromatic N) is 6. The highest BCUT2D eigenvalue weighted by molar-refractivity contribution is 7.17. The molecule has 5 heterocycles. The second kappa shape index (κ2) is 8.02. The zero-order valence-corrected chi connectivity index (χ0v) is 21.2. The number of amides is 2. The predicted molar refractivity (Wildman–Crippen MR) is 138 cm³/mol. The van der Waals surface area contributed by atoms with Crippen molar-refractivity contribution in [3.8, 4) is 0 Å². The third kappa shape index (κ3) is 3.47. The van der Waals surface area contributed by atoms with Crippen LogP contribution in [0.2, 0.25) is 0 Å². The Morgan fingerprint density at radius 1 is 1.25 bits per heavy atom. The number of imidazole rings is 1.